The van der Waals surface area contributed by atoms with Crippen molar-refractivity contribution in [2.24, 2.45) is 0 Å². The molecule has 1 aromatic rings. The maximum absolute atomic E-state index is 12.7. The zero-order valence-corrected chi connectivity index (χ0v) is 9.46. The molecule has 1 amide bonds. The minimum absolute atomic E-state index is 0.0805. The monoisotopic (exact) mass is 225 g/mol. The number of halogens is 1. The molecule has 0 atom stereocenters. The maximum atomic E-state index is 12.7. The lowest BCUT2D eigenvalue weighted by molar-refractivity contribution is 0.0932. The van der Waals surface area contributed by atoms with Gasteiger partial charge < -0.3 is 10.4 Å². The van der Waals surface area contributed by atoms with Gasteiger partial charge in [-0.15, -0.1) is 0 Å². The summed E-state index contributed by atoms with van der Waals surface area (Å²) >= 11 is 0. The Morgan fingerprint density at radius 2 is 2.06 bits per heavy atom. The van der Waals surface area contributed by atoms with E-state index in [-0.39, 0.29) is 23.3 Å². The molecule has 0 aliphatic carbocycles. The molecule has 0 aliphatic heterocycles. The van der Waals surface area contributed by atoms with Crippen LogP contribution in [0.15, 0.2) is 18.2 Å². The summed E-state index contributed by atoms with van der Waals surface area (Å²) in [5.41, 5.74) is 0.105. The van der Waals surface area contributed by atoms with Crippen molar-refractivity contribution in [2.75, 3.05) is 0 Å². The highest BCUT2D eigenvalue weighted by atomic mass is 19.1. The van der Waals surface area contributed by atoms with E-state index < -0.39 is 5.82 Å². The second-order valence-electron chi connectivity index (χ2n) is 3.65. The molecular weight excluding hydrogens is 209 g/mol. The number of phenols is 1. The third-order valence-electron chi connectivity index (χ3n) is 2.53. The molecule has 88 valence electrons. The summed E-state index contributed by atoms with van der Waals surface area (Å²) in [7, 11) is 0. The molecule has 1 rings (SSSR count). The molecule has 0 aromatic heterocycles. The first-order chi connectivity index (χ1) is 7.58. The van der Waals surface area contributed by atoms with E-state index in [0.29, 0.717) is 0 Å². The summed E-state index contributed by atoms with van der Waals surface area (Å²) < 4.78 is 12.7. The molecular formula is C12H16FNO2. The Hall–Kier alpha value is -1.58. The number of hydrogen-bond acceptors (Lipinski definition) is 2. The molecule has 0 saturated heterocycles. The first kappa shape index (κ1) is 12.5. The van der Waals surface area contributed by atoms with Crippen LogP contribution in [-0.2, 0) is 0 Å². The van der Waals surface area contributed by atoms with E-state index >= 15 is 0 Å². The number of amides is 1. The van der Waals surface area contributed by atoms with Crippen molar-refractivity contribution >= 4 is 5.91 Å². The van der Waals surface area contributed by atoms with Crippen LogP contribution in [0.25, 0.3) is 0 Å². The first-order valence-corrected chi connectivity index (χ1v) is 5.37. The largest absolute Gasteiger partial charge is 0.507 e. The Morgan fingerprint density at radius 3 is 2.56 bits per heavy atom. The predicted octanol–water partition coefficient (Wildman–Crippen LogP) is 2.45. The minimum Gasteiger partial charge on any atom is -0.507 e. The van der Waals surface area contributed by atoms with Crippen molar-refractivity contribution in [1.82, 2.24) is 5.32 Å². The average Bonchev–Trinajstić information content (AvgIpc) is 2.25. The van der Waals surface area contributed by atoms with Crippen LogP contribution in [-0.4, -0.2) is 17.1 Å². The lowest BCUT2D eigenvalue weighted by Crippen LogP contribution is -2.33. The molecule has 0 bridgehead atoms. The third-order valence-corrected chi connectivity index (χ3v) is 2.53. The third kappa shape index (κ3) is 2.95. The van der Waals surface area contributed by atoms with Gasteiger partial charge in [0.15, 0.2) is 0 Å². The zero-order valence-electron chi connectivity index (χ0n) is 9.46. The Bertz CT molecular complexity index is 375. The standard InChI is InChI=1S/C12H16FNO2/c1-3-9(4-2)14-12(16)10-6-5-8(13)7-11(10)15/h5-7,9,15H,3-4H2,1-2H3,(H,14,16). The van der Waals surface area contributed by atoms with Crippen LogP contribution in [0.3, 0.4) is 0 Å². The van der Waals surface area contributed by atoms with Crippen LogP contribution < -0.4 is 5.32 Å². The van der Waals surface area contributed by atoms with E-state index in [4.69, 9.17) is 0 Å². The van der Waals surface area contributed by atoms with Crippen molar-refractivity contribution in [2.45, 2.75) is 32.7 Å². The quantitative estimate of drug-likeness (QED) is 0.826. The highest BCUT2D eigenvalue weighted by Gasteiger charge is 2.14. The van der Waals surface area contributed by atoms with Gasteiger partial charge in [0.25, 0.3) is 5.91 Å². The second-order valence-corrected chi connectivity index (χ2v) is 3.65. The molecule has 0 radical (unpaired) electrons. The van der Waals surface area contributed by atoms with Gasteiger partial charge in [-0.05, 0) is 25.0 Å². The summed E-state index contributed by atoms with van der Waals surface area (Å²) in [6.45, 7) is 3.94. The average molecular weight is 225 g/mol. The van der Waals surface area contributed by atoms with Crippen LogP contribution in [0.1, 0.15) is 37.0 Å². The van der Waals surface area contributed by atoms with Gasteiger partial charge >= 0.3 is 0 Å². The fourth-order valence-corrected chi connectivity index (χ4v) is 1.45. The molecule has 16 heavy (non-hydrogen) atoms. The SMILES string of the molecule is CCC(CC)NC(=O)c1ccc(F)cc1O. The molecule has 2 N–H and O–H groups in total. The molecule has 0 saturated carbocycles. The summed E-state index contributed by atoms with van der Waals surface area (Å²) in [6, 6.07) is 3.45. The van der Waals surface area contributed by atoms with Crippen molar-refractivity contribution < 1.29 is 14.3 Å². The van der Waals surface area contributed by atoms with Crippen molar-refractivity contribution in [3.8, 4) is 5.75 Å². The van der Waals surface area contributed by atoms with E-state index in [2.05, 4.69) is 5.32 Å². The van der Waals surface area contributed by atoms with Crippen LogP contribution in [0.4, 0.5) is 4.39 Å². The van der Waals surface area contributed by atoms with E-state index in [1.54, 1.807) is 0 Å². The Morgan fingerprint density at radius 1 is 1.44 bits per heavy atom. The number of rotatable bonds is 4. The highest BCUT2D eigenvalue weighted by molar-refractivity contribution is 5.96. The van der Waals surface area contributed by atoms with Crippen LogP contribution >= 0.6 is 0 Å². The van der Waals surface area contributed by atoms with E-state index in [0.717, 1.165) is 25.0 Å². The molecule has 0 heterocycles. The molecule has 3 nitrogen and oxygen atoms in total. The van der Waals surface area contributed by atoms with Crippen molar-refractivity contribution in [3.63, 3.8) is 0 Å². The Balaban J connectivity index is 2.80. The topological polar surface area (TPSA) is 49.3 Å². The summed E-state index contributed by atoms with van der Waals surface area (Å²) in [5.74, 6) is -1.26. The number of carbonyl (C=O) groups is 1. The summed E-state index contributed by atoms with van der Waals surface area (Å²) in [4.78, 5) is 11.7. The van der Waals surface area contributed by atoms with E-state index in [9.17, 15) is 14.3 Å². The number of benzene rings is 1. The van der Waals surface area contributed by atoms with Gasteiger partial charge in [0, 0.05) is 12.1 Å². The number of carbonyl (C=O) groups excluding carboxylic acids is 1. The van der Waals surface area contributed by atoms with Gasteiger partial charge in [-0.2, -0.15) is 0 Å². The summed E-state index contributed by atoms with van der Waals surface area (Å²) in [5, 5.41) is 12.2. The first-order valence-electron chi connectivity index (χ1n) is 5.37. The molecule has 0 spiro atoms. The van der Waals surface area contributed by atoms with Crippen LogP contribution in [0.2, 0.25) is 0 Å². The Kier molecular flexibility index (Phi) is 4.28. The number of nitrogens with one attached hydrogen (secondary N) is 1. The molecule has 4 heteroatoms. The normalized spacial score (nSPS) is 10.5. The van der Waals surface area contributed by atoms with Gasteiger partial charge in [-0.25, -0.2) is 4.39 Å². The molecule has 0 aliphatic rings. The van der Waals surface area contributed by atoms with Gasteiger partial charge in [0.2, 0.25) is 0 Å². The number of aromatic hydroxyl groups is 1. The zero-order chi connectivity index (χ0) is 12.1. The summed E-state index contributed by atoms with van der Waals surface area (Å²) in [6.07, 6.45) is 1.65. The van der Waals surface area contributed by atoms with Crippen LogP contribution in [0.5, 0.6) is 5.75 Å². The van der Waals surface area contributed by atoms with Crippen LogP contribution in [0, 0.1) is 5.82 Å². The molecule has 0 fully saturated rings. The Labute approximate surface area is 94.3 Å². The van der Waals surface area contributed by atoms with Gasteiger partial charge in [-0.1, -0.05) is 13.8 Å². The second kappa shape index (κ2) is 5.49. The van der Waals surface area contributed by atoms with Crippen molar-refractivity contribution in [1.29, 1.82) is 0 Å². The van der Waals surface area contributed by atoms with E-state index in [1.807, 2.05) is 13.8 Å². The minimum atomic E-state index is -0.559. The lowest BCUT2D eigenvalue weighted by Gasteiger charge is -2.15. The highest BCUT2D eigenvalue weighted by Crippen LogP contribution is 2.18. The van der Waals surface area contributed by atoms with E-state index in [1.165, 1.54) is 6.07 Å². The van der Waals surface area contributed by atoms with Gasteiger partial charge in [0.1, 0.15) is 11.6 Å². The number of hydrogen-bond donors (Lipinski definition) is 2. The fraction of sp³-hybridized carbons (Fsp3) is 0.417. The van der Waals surface area contributed by atoms with Crippen molar-refractivity contribution in [3.05, 3.63) is 29.6 Å². The molecule has 1 aromatic carbocycles. The maximum Gasteiger partial charge on any atom is 0.255 e. The lowest BCUT2D eigenvalue weighted by atomic mass is 10.1. The smallest absolute Gasteiger partial charge is 0.255 e. The fourth-order valence-electron chi connectivity index (χ4n) is 1.45. The van der Waals surface area contributed by atoms with Gasteiger partial charge in [-0.3, -0.25) is 4.79 Å². The predicted molar refractivity (Wildman–Crippen MR) is 59.9 cm³/mol. The van der Waals surface area contributed by atoms with Gasteiger partial charge in [0.05, 0.1) is 5.56 Å². The number of phenolic OH excluding ortho intramolecular Hbond substituents is 1. The molecule has 0 unspecified atom stereocenters.